The second kappa shape index (κ2) is 9.01. The number of nitrogen functional groups attached to an aromatic ring is 1. The van der Waals surface area contributed by atoms with Crippen LogP contribution < -0.4 is 22.3 Å². The summed E-state index contributed by atoms with van der Waals surface area (Å²) in [5, 5.41) is 3.25. The molecule has 7 nitrogen and oxygen atoms in total. The average Bonchev–Trinajstić information content (AvgIpc) is 2.71. The molecule has 0 spiro atoms. The lowest BCUT2D eigenvalue weighted by Gasteiger charge is -2.22. The standard InChI is InChI=1S/C21H28N4O3/c1-2-24-20(27)18(17(26)13-23-16-11-7-4-8-12-16)19(22)25(21(24)28)14-15-9-5-3-6-10-15/h3,5-6,9-10,16,23H,2,4,7-8,11-14,22H2,1H3. The van der Waals surface area contributed by atoms with E-state index in [2.05, 4.69) is 5.32 Å². The second-order valence-electron chi connectivity index (χ2n) is 7.30. The third kappa shape index (κ3) is 4.25. The van der Waals surface area contributed by atoms with Crippen LogP contribution in [-0.2, 0) is 13.1 Å². The van der Waals surface area contributed by atoms with Crippen LogP contribution in [0.4, 0.5) is 5.82 Å². The van der Waals surface area contributed by atoms with Gasteiger partial charge in [-0.05, 0) is 25.3 Å². The predicted molar refractivity (Wildman–Crippen MR) is 110 cm³/mol. The van der Waals surface area contributed by atoms with Gasteiger partial charge < -0.3 is 11.1 Å². The summed E-state index contributed by atoms with van der Waals surface area (Å²) in [5.41, 5.74) is 5.84. The van der Waals surface area contributed by atoms with Crippen molar-refractivity contribution in [2.75, 3.05) is 12.3 Å². The Kier molecular flexibility index (Phi) is 6.46. The molecule has 1 fully saturated rings. The Balaban J connectivity index is 1.93. The molecule has 2 aromatic rings. The van der Waals surface area contributed by atoms with Crippen molar-refractivity contribution in [2.24, 2.45) is 0 Å². The summed E-state index contributed by atoms with van der Waals surface area (Å²) >= 11 is 0. The highest BCUT2D eigenvalue weighted by molar-refractivity contribution is 6.01. The molecular weight excluding hydrogens is 356 g/mol. The van der Waals surface area contributed by atoms with Crippen molar-refractivity contribution >= 4 is 11.6 Å². The van der Waals surface area contributed by atoms with Gasteiger partial charge in [0.15, 0.2) is 5.78 Å². The summed E-state index contributed by atoms with van der Waals surface area (Å²) in [6.07, 6.45) is 5.60. The van der Waals surface area contributed by atoms with E-state index in [4.69, 9.17) is 5.73 Å². The number of carbonyl (C=O) groups excluding carboxylic acids is 1. The molecule has 0 unspecified atom stereocenters. The van der Waals surface area contributed by atoms with Crippen LogP contribution in [0.2, 0.25) is 0 Å². The fraction of sp³-hybridized carbons (Fsp3) is 0.476. The minimum atomic E-state index is -0.607. The highest BCUT2D eigenvalue weighted by Crippen LogP contribution is 2.17. The number of rotatable bonds is 7. The van der Waals surface area contributed by atoms with Crippen LogP contribution in [0.5, 0.6) is 0 Å². The quantitative estimate of drug-likeness (QED) is 0.709. The molecular formula is C21H28N4O3. The summed E-state index contributed by atoms with van der Waals surface area (Å²) in [6, 6.07) is 9.66. The number of nitrogens with one attached hydrogen (secondary N) is 1. The lowest BCUT2D eigenvalue weighted by molar-refractivity contribution is 0.0982. The molecule has 1 aliphatic rings. The third-order valence-corrected chi connectivity index (χ3v) is 5.40. The highest BCUT2D eigenvalue weighted by atomic mass is 16.2. The van der Waals surface area contributed by atoms with Gasteiger partial charge in [-0.2, -0.15) is 0 Å². The molecule has 0 bridgehead atoms. The Morgan fingerprint density at radius 2 is 1.79 bits per heavy atom. The summed E-state index contributed by atoms with van der Waals surface area (Å²) in [6.45, 7) is 2.16. The van der Waals surface area contributed by atoms with E-state index in [1.54, 1.807) is 6.92 Å². The van der Waals surface area contributed by atoms with Crippen molar-refractivity contribution in [3.05, 3.63) is 62.3 Å². The molecule has 7 heteroatoms. The normalized spacial score (nSPS) is 14.9. The summed E-state index contributed by atoms with van der Waals surface area (Å²) in [7, 11) is 0. The molecule has 28 heavy (non-hydrogen) atoms. The van der Waals surface area contributed by atoms with Crippen molar-refractivity contribution in [1.82, 2.24) is 14.5 Å². The van der Waals surface area contributed by atoms with Crippen molar-refractivity contribution in [2.45, 2.75) is 58.2 Å². The molecule has 0 saturated heterocycles. The first kappa shape index (κ1) is 20.1. The maximum atomic E-state index is 12.8. The molecule has 1 aromatic carbocycles. The molecule has 0 aliphatic heterocycles. The highest BCUT2D eigenvalue weighted by Gasteiger charge is 2.23. The van der Waals surface area contributed by atoms with Crippen molar-refractivity contribution in [3.63, 3.8) is 0 Å². The first-order valence-electron chi connectivity index (χ1n) is 9.96. The van der Waals surface area contributed by atoms with Gasteiger partial charge >= 0.3 is 5.69 Å². The SMILES string of the molecule is CCn1c(=O)c(C(=O)CNC2CCCCC2)c(N)n(Cc2ccccc2)c1=O. The number of Topliss-reactive ketones (excluding diaryl/α,β-unsaturated/α-hetero) is 1. The summed E-state index contributed by atoms with van der Waals surface area (Å²) < 4.78 is 2.39. The molecule has 3 N–H and O–H groups in total. The zero-order chi connectivity index (χ0) is 20.1. The maximum Gasteiger partial charge on any atom is 0.332 e. The molecule has 1 heterocycles. The Hall–Kier alpha value is -2.67. The molecule has 0 amide bonds. The lowest BCUT2D eigenvalue weighted by atomic mass is 9.95. The van der Waals surface area contributed by atoms with E-state index in [1.165, 1.54) is 11.0 Å². The molecule has 0 radical (unpaired) electrons. The summed E-state index contributed by atoms with van der Waals surface area (Å²) in [5.74, 6) is -0.420. The van der Waals surface area contributed by atoms with Gasteiger partial charge in [-0.15, -0.1) is 0 Å². The lowest BCUT2D eigenvalue weighted by Crippen LogP contribution is -2.45. The number of benzene rings is 1. The Morgan fingerprint density at radius 3 is 2.43 bits per heavy atom. The van der Waals surface area contributed by atoms with Gasteiger partial charge in [-0.3, -0.25) is 18.7 Å². The molecule has 0 atom stereocenters. The Bertz CT molecular complexity index is 941. The maximum absolute atomic E-state index is 12.8. The number of aromatic nitrogens is 2. The number of hydrogen-bond donors (Lipinski definition) is 2. The first-order valence-corrected chi connectivity index (χ1v) is 9.96. The first-order chi connectivity index (χ1) is 13.5. The zero-order valence-corrected chi connectivity index (χ0v) is 16.3. The van der Waals surface area contributed by atoms with E-state index in [0.717, 1.165) is 35.8 Å². The predicted octanol–water partition coefficient (Wildman–Crippen LogP) is 1.77. The average molecular weight is 384 g/mol. The van der Waals surface area contributed by atoms with Crippen LogP contribution >= 0.6 is 0 Å². The van der Waals surface area contributed by atoms with Gasteiger partial charge in [0.2, 0.25) is 0 Å². The van der Waals surface area contributed by atoms with Crippen LogP contribution in [0, 0.1) is 0 Å². The number of carbonyl (C=O) groups is 1. The van der Waals surface area contributed by atoms with Gasteiger partial charge in [0.05, 0.1) is 13.1 Å². The van der Waals surface area contributed by atoms with E-state index >= 15 is 0 Å². The largest absolute Gasteiger partial charge is 0.384 e. The van der Waals surface area contributed by atoms with Crippen LogP contribution in [0.25, 0.3) is 0 Å². The van der Waals surface area contributed by atoms with Gasteiger partial charge in [0.25, 0.3) is 5.56 Å². The second-order valence-corrected chi connectivity index (χ2v) is 7.30. The van der Waals surface area contributed by atoms with Crippen LogP contribution in [-0.4, -0.2) is 27.5 Å². The number of nitrogens with two attached hydrogens (primary N) is 1. The Labute approximate surface area is 164 Å². The van der Waals surface area contributed by atoms with Gasteiger partial charge in [0.1, 0.15) is 11.4 Å². The van der Waals surface area contributed by atoms with Crippen molar-refractivity contribution < 1.29 is 4.79 Å². The minimum absolute atomic E-state index is 0.0529. The number of hydrogen-bond acceptors (Lipinski definition) is 5. The van der Waals surface area contributed by atoms with E-state index < -0.39 is 11.2 Å². The molecule has 150 valence electrons. The van der Waals surface area contributed by atoms with E-state index in [9.17, 15) is 14.4 Å². The molecule has 1 aromatic heterocycles. The van der Waals surface area contributed by atoms with Crippen LogP contribution in [0.3, 0.4) is 0 Å². The fourth-order valence-corrected chi connectivity index (χ4v) is 3.81. The van der Waals surface area contributed by atoms with Crippen molar-refractivity contribution in [3.8, 4) is 0 Å². The van der Waals surface area contributed by atoms with E-state index in [-0.39, 0.29) is 36.8 Å². The summed E-state index contributed by atoms with van der Waals surface area (Å²) in [4.78, 5) is 38.3. The number of anilines is 1. The third-order valence-electron chi connectivity index (χ3n) is 5.40. The molecule has 3 rings (SSSR count). The van der Waals surface area contributed by atoms with Crippen LogP contribution in [0.15, 0.2) is 39.9 Å². The van der Waals surface area contributed by atoms with Crippen LogP contribution in [0.1, 0.15) is 54.9 Å². The minimum Gasteiger partial charge on any atom is -0.384 e. The monoisotopic (exact) mass is 384 g/mol. The number of ketones is 1. The van der Waals surface area contributed by atoms with Crippen molar-refractivity contribution in [1.29, 1.82) is 0 Å². The zero-order valence-electron chi connectivity index (χ0n) is 16.3. The topological polar surface area (TPSA) is 99.1 Å². The van der Waals surface area contributed by atoms with Gasteiger partial charge in [-0.1, -0.05) is 49.6 Å². The van der Waals surface area contributed by atoms with E-state index in [1.807, 2.05) is 30.3 Å². The van der Waals surface area contributed by atoms with Gasteiger partial charge in [-0.25, -0.2) is 4.79 Å². The smallest absolute Gasteiger partial charge is 0.332 e. The number of nitrogens with zero attached hydrogens (tertiary/aromatic N) is 2. The van der Waals surface area contributed by atoms with E-state index in [0.29, 0.717) is 6.04 Å². The van der Waals surface area contributed by atoms with Gasteiger partial charge in [0, 0.05) is 12.6 Å². The molecule has 1 saturated carbocycles. The fourth-order valence-electron chi connectivity index (χ4n) is 3.81. The Morgan fingerprint density at radius 1 is 1.11 bits per heavy atom. The molecule has 1 aliphatic carbocycles.